The number of aliphatic hydroxyl groups excluding tert-OH is 1. The van der Waals surface area contributed by atoms with Gasteiger partial charge in [0.25, 0.3) is 0 Å². The molecule has 1 aliphatic rings. The van der Waals surface area contributed by atoms with Gasteiger partial charge in [-0.25, -0.2) is 4.79 Å². The predicted octanol–water partition coefficient (Wildman–Crippen LogP) is 6.07. The summed E-state index contributed by atoms with van der Waals surface area (Å²) in [7, 11) is 3.26. The van der Waals surface area contributed by atoms with Gasteiger partial charge in [-0.2, -0.15) is 4.98 Å². The first-order valence-corrected chi connectivity index (χ1v) is 15.5. The van der Waals surface area contributed by atoms with Crippen LogP contribution in [0.15, 0.2) is 126 Å². The summed E-state index contributed by atoms with van der Waals surface area (Å²) in [4.78, 5) is 20.7. The van der Waals surface area contributed by atoms with Gasteiger partial charge in [0.1, 0.15) is 35.1 Å². The van der Waals surface area contributed by atoms with E-state index in [0.29, 0.717) is 5.65 Å². The molecule has 1 saturated heterocycles. The van der Waals surface area contributed by atoms with E-state index in [1.54, 1.807) is 20.4 Å². The first-order valence-electron chi connectivity index (χ1n) is 15.5. The van der Waals surface area contributed by atoms with E-state index in [0.717, 1.165) is 44.8 Å². The molecule has 0 bridgehead atoms. The third kappa shape index (κ3) is 5.81. The van der Waals surface area contributed by atoms with Gasteiger partial charge < -0.3 is 29.0 Å². The molecule has 3 heterocycles. The molecule has 2 N–H and O–H groups in total. The highest BCUT2D eigenvalue weighted by Gasteiger charge is 2.42. The van der Waals surface area contributed by atoms with Gasteiger partial charge in [-0.1, -0.05) is 84.9 Å². The van der Waals surface area contributed by atoms with Crippen molar-refractivity contribution >= 4 is 11.0 Å². The lowest BCUT2D eigenvalue weighted by Gasteiger charge is -2.37. The second kappa shape index (κ2) is 12.9. The Morgan fingerprint density at radius 2 is 1.43 bits per heavy atom. The van der Waals surface area contributed by atoms with Crippen LogP contribution >= 0.6 is 0 Å². The van der Waals surface area contributed by atoms with E-state index in [-0.39, 0.29) is 13.0 Å². The molecule has 47 heavy (non-hydrogen) atoms. The quantitative estimate of drug-likeness (QED) is 0.177. The summed E-state index contributed by atoms with van der Waals surface area (Å²) >= 11 is 0. The van der Waals surface area contributed by atoms with Crippen LogP contribution in [-0.2, 0) is 15.1 Å². The van der Waals surface area contributed by atoms with Gasteiger partial charge in [-0.05, 0) is 52.6 Å². The summed E-state index contributed by atoms with van der Waals surface area (Å²) < 4.78 is 25.7. The van der Waals surface area contributed by atoms with Gasteiger partial charge in [-0.3, -0.25) is 4.57 Å². The van der Waals surface area contributed by atoms with Crippen molar-refractivity contribution in [3.63, 3.8) is 0 Å². The summed E-state index contributed by atoms with van der Waals surface area (Å²) in [5.74, 6) is 1.44. The molecule has 2 aromatic heterocycles. The van der Waals surface area contributed by atoms with Gasteiger partial charge in [0, 0.05) is 23.7 Å². The van der Waals surface area contributed by atoms with Crippen LogP contribution in [0.5, 0.6) is 11.5 Å². The molecular weight excluding hydrogens is 594 g/mol. The van der Waals surface area contributed by atoms with Crippen LogP contribution in [0.25, 0.3) is 22.3 Å². The number of aromatic amines is 1. The number of nitrogens with zero attached hydrogens (tertiary/aromatic N) is 2. The number of rotatable bonds is 10. The number of methoxy groups -OCH3 is 2. The lowest BCUT2D eigenvalue weighted by atomic mass is 9.80. The van der Waals surface area contributed by atoms with E-state index < -0.39 is 29.7 Å². The molecule has 1 fully saturated rings. The Labute approximate surface area is 272 Å². The number of fused-ring (bicyclic) bond motifs is 1. The van der Waals surface area contributed by atoms with Crippen LogP contribution < -0.4 is 15.2 Å². The Morgan fingerprint density at radius 3 is 2.02 bits per heavy atom. The third-order valence-corrected chi connectivity index (χ3v) is 8.77. The normalized spacial score (nSPS) is 18.0. The largest absolute Gasteiger partial charge is 0.497 e. The highest BCUT2D eigenvalue weighted by Crippen LogP contribution is 2.42. The van der Waals surface area contributed by atoms with Crippen LogP contribution in [-0.4, -0.2) is 52.7 Å². The zero-order chi connectivity index (χ0) is 32.4. The molecule has 0 unspecified atom stereocenters. The number of hydrogen-bond acceptors (Lipinski definition) is 7. The van der Waals surface area contributed by atoms with Crippen LogP contribution in [0.1, 0.15) is 29.3 Å². The number of ether oxygens (including phenoxy) is 4. The van der Waals surface area contributed by atoms with Gasteiger partial charge in [0.05, 0.1) is 26.9 Å². The molecule has 3 atom stereocenters. The van der Waals surface area contributed by atoms with E-state index in [1.807, 2.05) is 115 Å². The van der Waals surface area contributed by atoms with Crippen molar-refractivity contribution in [2.24, 2.45) is 0 Å². The monoisotopic (exact) mass is 629 g/mol. The van der Waals surface area contributed by atoms with Crippen LogP contribution in [0.2, 0.25) is 0 Å². The van der Waals surface area contributed by atoms with E-state index in [1.165, 1.54) is 4.57 Å². The fraction of sp³-hybridized carbons (Fsp3) is 0.211. The number of aromatic nitrogens is 3. The molecule has 9 nitrogen and oxygen atoms in total. The lowest BCUT2D eigenvalue weighted by molar-refractivity contribution is -0.0943. The summed E-state index contributed by atoms with van der Waals surface area (Å²) in [5.41, 5.74) is 3.44. The molecular formula is C38H35N3O6. The van der Waals surface area contributed by atoms with Gasteiger partial charge in [-0.15, -0.1) is 0 Å². The summed E-state index contributed by atoms with van der Waals surface area (Å²) in [6.45, 7) is 0.0390. The van der Waals surface area contributed by atoms with E-state index in [2.05, 4.69) is 9.97 Å². The molecule has 0 amide bonds. The standard InChI is InChI=1S/C38H35N3O6/c1-44-30-17-13-28(14-18-30)38(27-11-7-4-8-12-27,29-15-19-31(45-2)20-16-29)46-24-34-33(42)22-35(47-34)41-23-26-21-32(25-9-5-3-6-10-25)39-36(26)40-37(41)43/h3-21,23,33-35,42H,22,24H2,1-2H3,(H,39,40,43)/t33-,34+,35+/m0/s1. The zero-order valence-electron chi connectivity index (χ0n) is 26.1. The van der Waals surface area contributed by atoms with Gasteiger partial charge in [0.15, 0.2) is 0 Å². The minimum Gasteiger partial charge on any atom is -0.497 e. The van der Waals surface area contributed by atoms with Crippen molar-refractivity contribution in [2.75, 3.05) is 20.8 Å². The van der Waals surface area contributed by atoms with E-state index >= 15 is 0 Å². The highest BCUT2D eigenvalue weighted by molar-refractivity contribution is 5.82. The third-order valence-electron chi connectivity index (χ3n) is 8.77. The van der Waals surface area contributed by atoms with Crippen molar-refractivity contribution < 1.29 is 24.1 Å². The molecule has 4 aromatic carbocycles. The Kier molecular flexibility index (Phi) is 8.34. The molecule has 7 rings (SSSR count). The van der Waals surface area contributed by atoms with Crippen molar-refractivity contribution in [3.8, 4) is 22.8 Å². The van der Waals surface area contributed by atoms with Crippen molar-refractivity contribution in [3.05, 3.63) is 149 Å². The second-order valence-corrected chi connectivity index (χ2v) is 11.5. The molecule has 9 heteroatoms. The van der Waals surface area contributed by atoms with E-state index in [4.69, 9.17) is 18.9 Å². The van der Waals surface area contributed by atoms with Gasteiger partial charge >= 0.3 is 5.69 Å². The Morgan fingerprint density at radius 1 is 0.851 bits per heavy atom. The topological polar surface area (TPSA) is 108 Å². The number of aliphatic hydroxyl groups is 1. The molecule has 0 saturated carbocycles. The van der Waals surface area contributed by atoms with Crippen LogP contribution in [0, 0.1) is 0 Å². The molecule has 0 aliphatic carbocycles. The first-order chi connectivity index (χ1) is 23.0. The highest BCUT2D eigenvalue weighted by atomic mass is 16.6. The van der Waals surface area contributed by atoms with Crippen molar-refractivity contribution in [1.82, 2.24) is 14.5 Å². The van der Waals surface area contributed by atoms with Gasteiger partial charge in [0.2, 0.25) is 0 Å². The smallest absolute Gasteiger partial charge is 0.351 e. The molecule has 238 valence electrons. The number of nitrogens with one attached hydrogen (secondary N) is 1. The summed E-state index contributed by atoms with van der Waals surface area (Å²) in [5, 5.41) is 12.0. The minimum atomic E-state index is -1.07. The van der Waals surface area contributed by atoms with Crippen molar-refractivity contribution in [2.45, 2.75) is 30.5 Å². The Hall–Kier alpha value is -5.22. The number of benzene rings is 4. The lowest BCUT2D eigenvalue weighted by Crippen LogP contribution is -2.38. The average molecular weight is 630 g/mol. The maximum atomic E-state index is 13.2. The first kappa shape index (κ1) is 30.4. The van der Waals surface area contributed by atoms with Crippen LogP contribution in [0.3, 0.4) is 0 Å². The SMILES string of the molecule is COc1ccc(C(OC[C@H]2O[C@@H](n3cc4cc(-c5ccccc5)[nH]c4nc3=O)C[C@@H]2O)(c2ccccc2)c2ccc(OC)cc2)cc1. The molecule has 6 aromatic rings. The minimum absolute atomic E-state index is 0.0390. The molecule has 1 aliphatic heterocycles. The predicted molar refractivity (Wildman–Crippen MR) is 179 cm³/mol. The second-order valence-electron chi connectivity index (χ2n) is 11.5. The average Bonchev–Trinajstić information content (AvgIpc) is 3.72. The fourth-order valence-electron chi connectivity index (χ4n) is 6.31. The maximum Gasteiger partial charge on any atom is 0.351 e. The zero-order valence-corrected chi connectivity index (χ0v) is 26.1. The Balaban J connectivity index is 1.21. The van der Waals surface area contributed by atoms with E-state index in [9.17, 15) is 9.90 Å². The van der Waals surface area contributed by atoms with Crippen LogP contribution in [0.4, 0.5) is 0 Å². The number of H-pyrrole nitrogens is 1. The van der Waals surface area contributed by atoms with Crippen molar-refractivity contribution in [1.29, 1.82) is 0 Å². The maximum absolute atomic E-state index is 13.2. The molecule has 0 spiro atoms. The number of hydrogen-bond donors (Lipinski definition) is 2. The fourth-order valence-corrected chi connectivity index (χ4v) is 6.31. The Bertz CT molecular complexity index is 1960. The summed E-state index contributed by atoms with van der Waals surface area (Å²) in [6.07, 6.45) is -0.370. The summed E-state index contributed by atoms with van der Waals surface area (Å²) in [6, 6.07) is 37.3. The molecule has 0 radical (unpaired) electrons.